The second-order valence-electron chi connectivity index (χ2n) is 6.33. The van der Waals surface area contributed by atoms with E-state index in [1.807, 2.05) is 0 Å². The van der Waals surface area contributed by atoms with Gasteiger partial charge < -0.3 is 0 Å². The summed E-state index contributed by atoms with van der Waals surface area (Å²) >= 11 is 0. The fourth-order valence-electron chi connectivity index (χ4n) is 3.40. The van der Waals surface area contributed by atoms with Gasteiger partial charge in [-0.15, -0.1) is 0 Å². The Bertz CT molecular complexity index is 476. The van der Waals surface area contributed by atoms with Crippen molar-refractivity contribution < 1.29 is 13.2 Å². The van der Waals surface area contributed by atoms with Gasteiger partial charge in [-0.1, -0.05) is 25.5 Å². The first kappa shape index (κ1) is 17.1. The van der Waals surface area contributed by atoms with Crippen LogP contribution in [0.4, 0.5) is 13.2 Å². The van der Waals surface area contributed by atoms with Crippen molar-refractivity contribution in [3.63, 3.8) is 0 Å². The first-order valence-electron chi connectivity index (χ1n) is 8.41. The largest absolute Gasteiger partial charge is 0.204 e. The summed E-state index contributed by atoms with van der Waals surface area (Å²) < 4.78 is 39.6. The summed E-state index contributed by atoms with van der Waals surface area (Å²) in [6.45, 7) is 2.14. The van der Waals surface area contributed by atoms with Gasteiger partial charge >= 0.3 is 0 Å². The fraction of sp³-hybridized carbons (Fsp3) is 0.579. The third kappa shape index (κ3) is 4.62. The summed E-state index contributed by atoms with van der Waals surface area (Å²) in [6.07, 6.45) is 13.2. The quantitative estimate of drug-likeness (QED) is 0.319. The minimum Gasteiger partial charge on any atom is -0.204 e. The van der Waals surface area contributed by atoms with Gasteiger partial charge in [0.05, 0.1) is 0 Å². The van der Waals surface area contributed by atoms with E-state index in [0.29, 0.717) is 5.56 Å². The lowest BCUT2D eigenvalue weighted by Gasteiger charge is -2.29. The van der Waals surface area contributed by atoms with Crippen LogP contribution in [0, 0.1) is 23.4 Å². The van der Waals surface area contributed by atoms with E-state index in [-0.39, 0.29) is 5.92 Å². The molecule has 0 bridgehead atoms. The molecule has 1 aliphatic carbocycles. The smallest absolute Gasteiger partial charge is 0.194 e. The molecule has 0 amide bonds. The molecule has 0 N–H and O–H groups in total. The molecule has 122 valence electrons. The molecule has 0 heterocycles. The van der Waals surface area contributed by atoms with Crippen molar-refractivity contribution >= 4 is 0 Å². The number of hydrogen-bond donors (Lipinski definition) is 0. The second kappa shape index (κ2) is 8.40. The predicted molar refractivity (Wildman–Crippen MR) is 84.3 cm³/mol. The molecule has 2 rings (SSSR count). The molecule has 0 radical (unpaired) electrons. The van der Waals surface area contributed by atoms with Crippen molar-refractivity contribution in [3.05, 3.63) is 47.3 Å². The van der Waals surface area contributed by atoms with Crippen LogP contribution in [0.15, 0.2) is 24.3 Å². The highest BCUT2D eigenvalue weighted by Crippen LogP contribution is 2.38. The minimum atomic E-state index is -1.36. The highest BCUT2D eigenvalue weighted by Gasteiger charge is 2.24. The van der Waals surface area contributed by atoms with Gasteiger partial charge in [-0.25, -0.2) is 13.2 Å². The Morgan fingerprint density at radius 1 is 1.00 bits per heavy atom. The number of allylic oxidation sites excluding steroid dienone is 2. The first-order valence-corrected chi connectivity index (χ1v) is 8.41. The molecule has 3 heteroatoms. The third-order valence-electron chi connectivity index (χ3n) is 4.71. The average molecular weight is 310 g/mol. The lowest BCUT2D eigenvalue weighted by molar-refractivity contribution is 0.304. The van der Waals surface area contributed by atoms with Gasteiger partial charge in [0, 0.05) is 0 Å². The predicted octanol–water partition coefficient (Wildman–Crippen LogP) is 6.51. The van der Waals surface area contributed by atoms with Gasteiger partial charge in [0.25, 0.3) is 0 Å². The maximum Gasteiger partial charge on any atom is 0.194 e. The van der Waals surface area contributed by atoms with Crippen molar-refractivity contribution in [3.8, 4) is 0 Å². The zero-order valence-corrected chi connectivity index (χ0v) is 13.3. The van der Waals surface area contributed by atoms with Crippen LogP contribution >= 0.6 is 0 Å². The lowest BCUT2D eigenvalue weighted by Crippen LogP contribution is -2.14. The Morgan fingerprint density at radius 3 is 2.23 bits per heavy atom. The molecular formula is C19H25F3. The van der Waals surface area contributed by atoms with E-state index in [1.54, 1.807) is 0 Å². The summed E-state index contributed by atoms with van der Waals surface area (Å²) in [4.78, 5) is 0. The monoisotopic (exact) mass is 310 g/mol. The molecular weight excluding hydrogens is 285 g/mol. The molecule has 1 aliphatic rings. The maximum absolute atomic E-state index is 13.3. The molecule has 1 saturated carbocycles. The first-order chi connectivity index (χ1) is 10.6. The molecule has 22 heavy (non-hydrogen) atoms. The van der Waals surface area contributed by atoms with E-state index in [1.165, 1.54) is 25.0 Å². The van der Waals surface area contributed by atoms with Crippen LogP contribution in [0.25, 0.3) is 0 Å². The Morgan fingerprint density at radius 2 is 1.64 bits per heavy atom. The normalized spacial score (nSPS) is 22.4. The zero-order valence-electron chi connectivity index (χ0n) is 13.3. The van der Waals surface area contributed by atoms with E-state index >= 15 is 0 Å². The fourth-order valence-corrected chi connectivity index (χ4v) is 3.40. The average Bonchev–Trinajstić information content (AvgIpc) is 2.52. The van der Waals surface area contributed by atoms with Gasteiger partial charge in [-0.2, -0.15) is 0 Å². The molecule has 0 nitrogen and oxygen atoms in total. The highest BCUT2D eigenvalue weighted by molar-refractivity contribution is 5.23. The van der Waals surface area contributed by atoms with Crippen LogP contribution in [-0.2, 0) is 0 Å². The van der Waals surface area contributed by atoms with E-state index in [9.17, 15) is 13.2 Å². The Balaban J connectivity index is 1.81. The Labute approximate surface area is 131 Å². The van der Waals surface area contributed by atoms with Crippen LogP contribution in [-0.4, -0.2) is 0 Å². The van der Waals surface area contributed by atoms with E-state index < -0.39 is 17.5 Å². The lowest BCUT2D eigenvalue weighted by atomic mass is 9.77. The van der Waals surface area contributed by atoms with Crippen LogP contribution < -0.4 is 0 Å². The molecule has 1 aromatic rings. The molecule has 0 aromatic heterocycles. The third-order valence-corrected chi connectivity index (χ3v) is 4.71. The molecule has 0 unspecified atom stereocenters. The summed E-state index contributed by atoms with van der Waals surface area (Å²) in [5, 5.41) is 0. The molecule has 0 spiro atoms. The topological polar surface area (TPSA) is 0 Å². The summed E-state index contributed by atoms with van der Waals surface area (Å²) in [5.74, 6) is -2.61. The molecule has 1 fully saturated rings. The maximum atomic E-state index is 13.3. The number of benzene rings is 1. The van der Waals surface area contributed by atoms with Crippen molar-refractivity contribution in [2.24, 2.45) is 5.92 Å². The Kier molecular flexibility index (Phi) is 6.53. The molecule has 0 aliphatic heterocycles. The van der Waals surface area contributed by atoms with Gasteiger partial charge in [0.1, 0.15) is 0 Å². The summed E-state index contributed by atoms with van der Waals surface area (Å²) in [7, 11) is 0. The van der Waals surface area contributed by atoms with Crippen LogP contribution in [0.3, 0.4) is 0 Å². The van der Waals surface area contributed by atoms with Crippen molar-refractivity contribution in [2.75, 3.05) is 0 Å². The van der Waals surface area contributed by atoms with E-state index in [2.05, 4.69) is 19.1 Å². The minimum absolute atomic E-state index is 0.167. The van der Waals surface area contributed by atoms with Crippen molar-refractivity contribution in [1.82, 2.24) is 0 Å². The van der Waals surface area contributed by atoms with Gasteiger partial charge in [-0.05, 0) is 74.5 Å². The molecule has 0 saturated heterocycles. The number of halogens is 3. The van der Waals surface area contributed by atoms with Crippen LogP contribution in [0.1, 0.15) is 69.8 Å². The van der Waals surface area contributed by atoms with Crippen molar-refractivity contribution in [1.29, 1.82) is 0 Å². The van der Waals surface area contributed by atoms with Gasteiger partial charge in [-0.3, -0.25) is 0 Å². The summed E-state index contributed by atoms with van der Waals surface area (Å²) in [5.41, 5.74) is 0.612. The molecule has 1 aromatic carbocycles. The number of unbranched alkanes of at least 4 members (excludes halogenated alkanes) is 1. The number of rotatable bonds is 6. The molecule has 0 atom stereocenters. The van der Waals surface area contributed by atoms with Crippen LogP contribution in [0.2, 0.25) is 0 Å². The second-order valence-corrected chi connectivity index (χ2v) is 6.33. The van der Waals surface area contributed by atoms with E-state index in [4.69, 9.17) is 0 Å². The number of hydrogen-bond acceptors (Lipinski definition) is 0. The van der Waals surface area contributed by atoms with Crippen molar-refractivity contribution in [2.45, 2.75) is 64.2 Å². The van der Waals surface area contributed by atoms with Gasteiger partial charge in [0.2, 0.25) is 0 Å². The highest BCUT2D eigenvalue weighted by atomic mass is 19.2. The van der Waals surface area contributed by atoms with Crippen LogP contribution in [0.5, 0.6) is 0 Å². The standard InChI is InChI=1S/C19H25F3/c1-2-3-4-5-6-7-14-8-10-15(11-9-14)16-12-17(20)19(22)18(21)13-16/h3-4,12-15H,2,5-11H2,1H3. The van der Waals surface area contributed by atoms with E-state index in [0.717, 1.165) is 44.4 Å². The zero-order chi connectivity index (χ0) is 15.9. The SMILES string of the molecule is CCC=CCCCC1CCC(c2cc(F)c(F)c(F)c2)CC1. The van der Waals surface area contributed by atoms with Gasteiger partial charge in [0.15, 0.2) is 17.5 Å². The summed E-state index contributed by atoms with van der Waals surface area (Å²) in [6, 6.07) is 2.33. The Hall–Kier alpha value is -1.25.